The summed E-state index contributed by atoms with van der Waals surface area (Å²) in [6, 6.07) is 13.9. The molecule has 0 radical (unpaired) electrons. The fourth-order valence-electron chi connectivity index (χ4n) is 2.63. The van der Waals surface area contributed by atoms with Crippen LogP contribution in [0, 0.1) is 5.82 Å². The first kappa shape index (κ1) is 19.2. The zero-order valence-electron chi connectivity index (χ0n) is 15.1. The molecule has 0 fully saturated rings. The molecule has 28 heavy (non-hydrogen) atoms. The lowest BCUT2D eigenvalue weighted by molar-refractivity contribution is -0.123. The first-order valence-electron chi connectivity index (χ1n) is 8.84. The summed E-state index contributed by atoms with van der Waals surface area (Å²) >= 11 is 0. The number of amides is 2. The van der Waals surface area contributed by atoms with E-state index in [4.69, 9.17) is 0 Å². The van der Waals surface area contributed by atoms with Crippen LogP contribution in [0.4, 0.5) is 4.39 Å². The first-order chi connectivity index (χ1) is 13.6. The minimum atomic E-state index is -0.773. The second-order valence-corrected chi connectivity index (χ2v) is 6.19. The average Bonchev–Trinajstić information content (AvgIpc) is 3.24. The summed E-state index contributed by atoms with van der Waals surface area (Å²) in [4.78, 5) is 25.1. The van der Waals surface area contributed by atoms with E-state index in [1.54, 1.807) is 17.1 Å². The van der Waals surface area contributed by atoms with Crippen molar-refractivity contribution in [2.24, 2.45) is 0 Å². The van der Waals surface area contributed by atoms with Gasteiger partial charge in [-0.25, -0.2) is 4.39 Å². The van der Waals surface area contributed by atoms with Crippen LogP contribution in [0.5, 0.6) is 0 Å². The molecule has 7 nitrogen and oxygen atoms in total. The fraction of sp³-hybridized carbons (Fsp3) is 0.200. The molecule has 0 aliphatic carbocycles. The number of hydrogen-bond acceptors (Lipinski definition) is 4. The lowest BCUT2D eigenvalue weighted by Crippen LogP contribution is -2.47. The zero-order valence-corrected chi connectivity index (χ0v) is 15.1. The van der Waals surface area contributed by atoms with E-state index >= 15 is 0 Å². The second kappa shape index (κ2) is 9.40. The summed E-state index contributed by atoms with van der Waals surface area (Å²) in [7, 11) is 0. The largest absolute Gasteiger partial charge is 0.350 e. The number of nitrogens with one attached hydrogen (secondary N) is 2. The number of carbonyl (C=O) groups excluding carboxylic acids is 2. The molecule has 2 amide bonds. The zero-order chi connectivity index (χ0) is 19.8. The summed E-state index contributed by atoms with van der Waals surface area (Å²) in [5, 5.41) is 13.1. The molecule has 0 saturated heterocycles. The molecule has 2 N–H and O–H groups in total. The van der Waals surface area contributed by atoms with Gasteiger partial charge in [-0.05, 0) is 36.2 Å². The number of halogens is 1. The van der Waals surface area contributed by atoms with Crippen molar-refractivity contribution in [1.82, 2.24) is 25.6 Å². The van der Waals surface area contributed by atoms with E-state index in [2.05, 4.69) is 20.9 Å². The Morgan fingerprint density at radius 3 is 2.50 bits per heavy atom. The highest BCUT2D eigenvalue weighted by Crippen LogP contribution is 2.05. The number of hydrogen-bond donors (Lipinski definition) is 2. The summed E-state index contributed by atoms with van der Waals surface area (Å²) in [6.45, 7) is 0.763. The van der Waals surface area contributed by atoms with Crippen LogP contribution >= 0.6 is 0 Å². The summed E-state index contributed by atoms with van der Waals surface area (Å²) in [5.41, 5.74) is 1.23. The van der Waals surface area contributed by atoms with Gasteiger partial charge in [0, 0.05) is 24.8 Å². The van der Waals surface area contributed by atoms with E-state index in [9.17, 15) is 14.0 Å². The standard InChI is InChI=1S/C20H20FN5O2/c21-17-8-6-16(7-9-17)19(27)24-18(10-12-26-13-11-23-25-26)20(28)22-14-15-4-2-1-3-5-15/h1-9,11,13,18H,10,12,14H2,(H,22,28)(H,24,27). The van der Waals surface area contributed by atoms with Gasteiger partial charge in [-0.3, -0.25) is 14.3 Å². The number of aryl methyl sites for hydroxylation is 1. The summed E-state index contributed by atoms with van der Waals surface area (Å²) in [5.74, 6) is -1.18. The van der Waals surface area contributed by atoms with Gasteiger partial charge in [0.1, 0.15) is 11.9 Å². The van der Waals surface area contributed by atoms with Gasteiger partial charge in [0.2, 0.25) is 5.91 Å². The minimum absolute atomic E-state index is 0.281. The maximum Gasteiger partial charge on any atom is 0.251 e. The average molecular weight is 381 g/mol. The minimum Gasteiger partial charge on any atom is -0.350 e. The van der Waals surface area contributed by atoms with Crippen molar-refractivity contribution in [3.05, 3.63) is 83.9 Å². The van der Waals surface area contributed by atoms with Gasteiger partial charge in [0.15, 0.2) is 0 Å². The monoisotopic (exact) mass is 381 g/mol. The van der Waals surface area contributed by atoms with E-state index in [-0.39, 0.29) is 11.5 Å². The molecule has 1 aromatic heterocycles. The van der Waals surface area contributed by atoms with Crippen LogP contribution in [0.1, 0.15) is 22.3 Å². The molecule has 1 heterocycles. The van der Waals surface area contributed by atoms with Crippen LogP contribution in [0.3, 0.4) is 0 Å². The summed E-state index contributed by atoms with van der Waals surface area (Å²) in [6.07, 6.45) is 3.55. The predicted molar refractivity (Wildman–Crippen MR) is 101 cm³/mol. The highest BCUT2D eigenvalue weighted by Gasteiger charge is 2.21. The number of aromatic nitrogens is 3. The van der Waals surface area contributed by atoms with Gasteiger partial charge >= 0.3 is 0 Å². The quantitative estimate of drug-likeness (QED) is 0.624. The molecular formula is C20H20FN5O2. The third kappa shape index (κ3) is 5.47. The normalized spacial score (nSPS) is 11.6. The van der Waals surface area contributed by atoms with E-state index in [0.29, 0.717) is 19.5 Å². The molecule has 0 saturated carbocycles. The van der Waals surface area contributed by atoms with Gasteiger partial charge in [-0.1, -0.05) is 35.5 Å². The van der Waals surface area contributed by atoms with Crippen molar-refractivity contribution in [2.75, 3.05) is 0 Å². The molecule has 2 aromatic carbocycles. The maximum atomic E-state index is 13.1. The van der Waals surface area contributed by atoms with Crippen molar-refractivity contribution in [2.45, 2.75) is 25.6 Å². The predicted octanol–water partition coefficient (Wildman–Crippen LogP) is 1.92. The smallest absolute Gasteiger partial charge is 0.251 e. The Morgan fingerprint density at radius 1 is 1.07 bits per heavy atom. The Labute approximate surface area is 161 Å². The molecule has 0 spiro atoms. The molecule has 1 atom stereocenters. The third-order valence-electron chi connectivity index (χ3n) is 4.16. The first-order valence-corrected chi connectivity index (χ1v) is 8.84. The molecule has 0 aliphatic rings. The fourth-order valence-corrected chi connectivity index (χ4v) is 2.63. The number of benzene rings is 2. The SMILES string of the molecule is O=C(NC(CCn1ccnn1)C(=O)NCc1ccccc1)c1ccc(F)cc1. The lowest BCUT2D eigenvalue weighted by atomic mass is 10.1. The summed E-state index contributed by atoms with van der Waals surface area (Å²) < 4.78 is 14.7. The Morgan fingerprint density at radius 2 is 1.82 bits per heavy atom. The van der Waals surface area contributed by atoms with Crippen molar-refractivity contribution in [3.63, 3.8) is 0 Å². The van der Waals surface area contributed by atoms with Gasteiger partial charge in [0.05, 0.1) is 6.20 Å². The van der Waals surface area contributed by atoms with Crippen molar-refractivity contribution >= 4 is 11.8 Å². The van der Waals surface area contributed by atoms with Crippen LogP contribution in [0.2, 0.25) is 0 Å². The molecule has 8 heteroatoms. The van der Waals surface area contributed by atoms with Crippen molar-refractivity contribution in [3.8, 4) is 0 Å². The Hall–Kier alpha value is -3.55. The van der Waals surface area contributed by atoms with Gasteiger partial charge < -0.3 is 10.6 Å². The lowest BCUT2D eigenvalue weighted by Gasteiger charge is -2.18. The maximum absolute atomic E-state index is 13.1. The van der Waals surface area contributed by atoms with Crippen LogP contribution in [0.25, 0.3) is 0 Å². The topological polar surface area (TPSA) is 88.9 Å². The van der Waals surface area contributed by atoms with E-state index in [1.165, 1.54) is 24.3 Å². The number of rotatable bonds is 8. The van der Waals surface area contributed by atoms with E-state index in [1.807, 2.05) is 30.3 Å². The molecule has 1 unspecified atom stereocenters. The van der Waals surface area contributed by atoms with Crippen LogP contribution in [0.15, 0.2) is 67.0 Å². The van der Waals surface area contributed by atoms with Gasteiger partial charge in [-0.15, -0.1) is 5.10 Å². The highest BCUT2D eigenvalue weighted by atomic mass is 19.1. The van der Waals surface area contributed by atoms with Crippen molar-refractivity contribution < 1.29 is 14.0 Å². The molecular weight excluding hydrogens is 361 g/mol. The number of nitrogens with zero attached hydrogens (tertiary/aromatic N) is 3. The Kier molecular flexibility index (Phi) is 6.46. The van der Waals surface area contributed by atoms with Gasteiger partial charge in [-0.2, -0.15) is 0 Å². The van der Waals surface area contributed by atoms with E-state index < -0.39 is 17.8 Å². The third-order valence-corrected chi connectivity index (χ3v) is 4.16. The van der Waals surface area contributed by atoms with Crippen LogP contribution < -0.4 is 10.6 Å². The van der Waals surface area contributed by atoms with Crippen LogP contribution in [-0.4, -0.2) is 32.9 Å². The Bertz CT molecular complexity index is 898. The molecule has 3 rings (SSSR count). The molecule has 0 aliphatic heterocycles. The Balaban J connectivity index is 1.65. The molecule has 3 aromatic rings. The molecule has 0 bridgehead atoms. The second-order valence-electron chi connectivity index (χ2n) is 6.19. The molecule has 144 valence electrons. The number of carbonyl (C=O) groups is 2. The van der Waals surface area contributed by atoms with E-state index in [0.717, 1.165) is 5.56 Å². The highest BCUT2D eigenvalue weighted by molar-refractivity contribution is 5.97. The van der Waals surface area contributed by atoms with Crippen LogP contribution in [-0.2, 0) is 17.9 Å². The van der Waals surface area contributed by atoms with Crippen molar-refractivity contribution in [1.29, 1.82) is 0 Å². The van der Waals surface area contributed by atoms with Gasteiger partial charge in [0.25, 0.3) is 5.91 Å².